The lowest BCUT2D eigenvalue weighted by Gasteiger charge is -2.23. The Morgan fingerprint density at radius 1 is 1.58 bits per heavy atom. The minimum atomic E-state index is -0.837. The van der Waals surface area contributed by atoms with Gasteiger partial charge in [0.05, 0.1) is 0 Å². The van der Waals surface area contributed by atoms with Gasteiger partial charge in [-0.05, 0) is 38.9 Å². The van der Waals surface area contributed by atoms with E-state index in [1.54, 1.807) is 6.07 Å². The number of hydrogen-bond donors (Lipinski definition) is 2. The molecule has 0 aliphatic carbocycles. The largest absolute Gasteiger partial charge is 0.477 e. The molecule has 1 unspecified atom stereocenters. The maximum Gasteiger partial charge on any atom is 0.345 e. The van der Waals surface area contributed by atoms with Gasteiger partial charge < -0.3 is 15.3 Å². The van der Waals surface area contributed by atoms with E-state index in [1.807, 2.05) is 6.92 Å². The Kier molecular flexibility index (Phi) is 6.48. The van der Waals surface area contributed by atoms with Crippen LogP contribution in [0.3, 0.4) is 0 Å². The number of nitrogens with one attached hydrogen (secondary N) is 1. The quantitative estimate of drug-likeness (QED) is 0.720. The molecule has 0 bridgehead atoms. The molecule has 19 heavy (non-hydrogen) atoms. The lowest BCUT2D eigenvalue weighted by molar-refractivity contribution is 0.0702. The smallest absolute Gasteiger partial charge is 0.345 e. The molecule has 0 spiro atoms. The number of aromatic carboxylic acids is 1. The van der Waals surface area contributed by atoms with Crippen molar-refractivity contribution in [2.24, 2.45) is 0 Å². The number of carboxylic acid groups (broad SMARTS) is 1. The maximum absolute atomic E-state index is 10.9. The summed E-state index contributed by atoms with van der Waals surface area (Å²) < 4.78 is 0. The molecule has 1 aromatic heterocycles. The fraction of sp³-hybridized carbons (Fsp3) is 0.643. The molecule has 1 heterocycles. The lowest BCUT2D eigenvalue weighted by atomic mass is 10.2. The number of nitrogens with zero attached hydrogens (tertiary/aromatic N) is 1. The third kappa shape index (κ3) is 4.93. The molecular weight excluding hydrogens is 260 g/mol. The Labute approximate surface area is 119 Å². The molecule has 0 amide bonds. The molecule has 0 aromatic carbocycles. The molecule has 1 rings (SSSR count). The highest BCUT2D eigenvalue weighted by Gasteiger charge is 2.11. The Hall–Kier alpha value is -0.910. The van der Waals surface area contributed by atoms with Crippen LogP contribution in [0.25, 0.3) is 0 Å². The second kappa shape index (κ2) is 7.62. The molecule has 4 nitrogen and oxygen atoms in total. The highest BCUT2D eigenvalue weighted by Crippen LogP contribution is 2.21. The summed E-state index contributed by atoms with van der Waals surface area (Å²) in [5.41, 5.74) is 1.09. The first kappa shape index (κ1) is 16.1. The van der Waals surface area contributed by atoms with Crippen molar-refractivity contribution in [2.45, 2.75) is 39.8 Å². The summed E-state index contributed by atoms with van der Waals surface area (Å²) in [6.07, 6.45) is 1.15. The van der Waals surface area contributed by atoms with Crippen molar-refractivity contribution in [1.82, 2.24) is 10.2 Å². The van der Waals surface area contributed by atoms with Gasteiger partial charge >= 0.3 is 5.97 Å². The van der Waals surface area contributed by atoms with Crippen molar-refractivity contribution in [3.05, 3.63) is 21.4 Å². The monoisotopic (exact) mass is 284 g/mol. The van der Waals surface area contributed by atoms with Gasteiger partial charge in [0, 0.05) is 30.6 Å². The SMILES string of the molecule is CCC(C)N(C)CCNCc1cc(C(=O)O)sc1C. The number of likely N-dealkylation sites (N-methyl/N-ethyl adjacent to an activating group) is 1. The van der Waals surface area contributed by atoms with E-state index in [4.69, 9.17) is 5.11 Å². The van der Waals surface area contributed by atoms with E-state index in [0.717, 1.165) is 36.5 Å². The Morgan fingerprint density at radius 3 is 2.79 bits per heavy atom. The highest BCUT2D eigenvalue weighted by molar-refractivity contribution is 7.14. The topological polar surface area (TPSA) is 52.6 Å². The summed E-state index contributed by atoms with van der Waals surface area (Å²) in [6.45, 7) is 9.05. The predicted octanol–water partition coefficient (Wildman–Crippen LogP) is 2.57. The van der Waals surface area contributed by atoms with Gasteiger partial charge in [0.15, 0.2) is 0 Å². The predicted molar refractivity (Wildman–Crippen MR) is 80.1 cm³/mol. The van der Waals surface area contributed by atoms with Crippen molar-refractivity contribution < 1.29 is 9.90 Å². The van der Waals surface area contributed by atoms with E-state index in [0.29, 0.717) is 10.9 Å². The van der Waals surface area contributed by atoms with Crippen LogP contribution in [0.15, 0.2) is 6.07 Å². The number of aryl methyl sites for hydroxylation is 1. The van der Waals surface area contributed by atoms with Gasteiger partial charge in [-0.25, -0.2) is 4.79 Å². The zero-order chi connectivity index (χ0) is 14.4. The first-order valence-electron chi connectivity index (χ1n) is 6.69. The van der Waals surface area contributed by atoms with Crippen LogP contribution in [0.2, 0.25) is 0 Å². The Balaban J connectivity index is 2.35. The van der Waals surface area contributed by atoms with Crippen molar-refractivity contribution >= 4 is 17.3 Å². The summed E-state index contributed by atoms with van der Waals surface area (Å²) in [4.78, 5) is 14.7. The van der Waals surface area contributed by atoms with Gasteiger partial charge in [-0.3, -0.25) is 0 Å². The molecule has 0 radical (unpaired) electrons. The van der Waals surface area contributed by atoms with Crippen molar-refractivity contribution in [2.75, 3.05) is 20.1 Å². The fourth-order valence-electron chi connectivity index (χ4n) is 1.81. The van der Waals surface area contributed by atoms with Crippen molar-refractivity contribution in [3.8, 4) is 0 Å². The zero-order valence-corrected chi connectivity index (χ0v) is 13.0. The van der Waals surface area contributed by atoms with E-state index >= 15 is 0 Å². The standard InChI is InChI=1S/C14H24N2O2S/c1-5-10(2)16(4)7-6-15-9-12-8-13(14(17)18)19-11(12)3/h8,10,15H,5-7,9H2,1-4H3,(H,17,18). The number of rotatable bonds is 8. The zero-order valence-electron chi connectivity index (χ0n) is 12.2. The Morgan fingerprint density at radius 2 is 2.26 bits per heavy atom. The van der Waals surface area contributed by atoms with Crippen LogP contribution in [-0.4, -0.2) is 42.2 Å². The molecular formula is C14H24N2O2S. The molecule has 0 aliphatic heterocycles. The molecule has 0 aliphatic rings. The van der Waals surface area contributed by atoms with Crippen molar-refractivity contribution in [3.63, 3.8) is 0 Å². The molecule has 1 atom stereocenters. The van der Waals surface area contributed by atoms with Gasteiger partial charge in [0.2, 0.25) is 0 Å². The first-order valence-corrected chi connectivity index (χ1v) is 7.50. The molecule has 0 saturated heterocycles. The van der Waals surface area contributed by atoms with Gasteiger partial charge in [0.25, 0.3) is 0 Å². The number of hydrogen-bond acceptors (Lipinski definition) is 4. The van der Waals surface area contributed by atoms with Gasteiger partial charge in [0.1, 0.15) is 4.88 Å². The van der Waals surface area contributed by atoms with Gasteiger partial charge in [-0.15, -0.1) is 11.3 Å². The van der Waals surface area contributed by atoms with E-state index in [9.17, 15) is 4.79 Å². The van der Waals surface area contributed by atoms with E-state index < -0.39 is 5.97 Å². The summed E-state index contributed by atoms with van der Waals surface area (Å²) >= 11 is 1.35. The van der Waals surface area contributed by atoms with E-state index in [1.165, 1.54) is 11.3 Å². The van der Waals surface area contributed by atoms with Crippen LogP contribution in [0.4, 0.5) is 0 Å². The van der Waals surface area contributed by atoms with Crippen LogP contribution < -0.4 is 5.32 Å². The highest BCUT2D eigenvalue weighted by atomic mass is 32.1. The second-order valence-corrected chi connectivity index (χ2v) is 6.17. The van der Waals surface area contributed by atoms with Gasteiger partial charge in [-0.2, -0.15) is 0 Å². The summed E-state index contributed by atoms with van der Waals surface area (Å²) in [6, 6.07) is 2.37. The van der Waals surface area contributed by atoms with E-state index in [-0.39, 0.29) is 0 Å². The average Bonchev–Trinajstić information content (AvgIpc) is 2.75. The minimum absolute atomic E-state index is 0.422. The molecule has 5 heteroatoms. The molecule has 0 saturated carbocycles. The summed E-state index contributed by atoms with van der Waals surface area (Å²) in [5.74, 6) is -0.837. The number of thiophene rings is 1. The van der Waals surface area contributed by atoms with Crippen LogP contribution >= 0.6 is 11.3 Å². The molecule has 1 aromatic rings. The maximum atomic E-state index is 10.9. The summed E-state index contributed by atoms with van der Waals surface area (Å²) in [5, 5.41) is 12.3. The number of carboxylic acids is 1. The Bertz CT molecular complexity index is 418. The van der Waals surface area contributed by atoms with Crippen LogP contribution in [-0.2, 0) is 6.54 Å². The molecule has 108 valence electrons. The number of carbonyl (C=O) groups is 1. The normalized spacial score (nSPS) is 12.9. The second-order valence-electron chi connectivity index (χ2n) is 4.91. The minimum Gasteiger partial charge on any atom is -0.477 e. The fourth-order valence-corrected chi connectivity index (χ4v) is 2.69. The first-order chi connectivity index (χ1) is 8.95. The molecule has 0 fully saturated rings. The lowest BCUT2D eigenvalue weighted by Crippen LogP contribution is -2.34. The van der Waals surface area contributed by atoms with Crippen LogP contribution in [0, 0.1) is 6.92 Å². The van der Waals surface area contributed by atoms with Crippen molar-refractivity contribution in [1.29, 1.82) is 0 Å². The average molecular weight is 284 g/mol. The summed E-state index contributed by atoms with van der Waals surface area (Å²) in [7, 11) is 2.13. The third-order valence-corrected chi connectivity index (χ3v) is 4.61. The third-order valence-electron chi connectivity index (χ3n) is 3.53. The van der Waals surface area contributed by atoms with Crippen LogP contribution in [0.1, 0.15) is 40.4 Å². The molecule has 2 N–H and O–H groups in total. The van der Waals surface area contributed by atoms with Crippen LogP contribution in [0.5, 0.6) is 0 Å². The van der Waals surface area contributed by atoms with Gasteiger partial charge in [-0.1, -0.05) is 6.92 Å². The van der Waals surface area contributed by atoms with E-state index in [2.05, 4.69) is 31.1 Å².